The van der Waals surface area contributed by atoms with Crippen molar-refractivity contribution in [1.29, 1.82) is 0 Å². The lowest BCUT2D eigenvalue weighted by molar-refractivity contribution is -0.0972. The molecule has 156 valence electrons. The van der Waals surface area contributed by atoms with E-state index in [-0.39, 0.29) is 5.60 Å². The van der Waals surface area contributed by atoms with Crippen LogP contribution in [0.4, 0.5) is 0 Å². The highest BCUT2D eigenvalue weighted by molar-refractivity contribution is 9.10. The summed E-state index contributed by atoms with van der Waals surface area (Å²) in [5.74, 6) is 2.15. The number of halogens is 1. The van der Waals surface area contributed by atoms with Crippen LogP contribution in [0.2, 0.25) is 0 Å². The molecule has 2 fully saturated rings. The minimum Gasteiger partial charge on any atom is -0.493 e. The van der Waals surface area contributed by atoms with Crippen molar-refractivity contribution in [1.82, 2.24) is 4.90 Å². The standard InChI is InChI=1S/C22H32BrNO4/c1-22(2,3)28-15-5-6-18-17-9-19(25-4)21(27-13-14-11-26-12-14)20(23)16(17)7-8-24(18)10-15/h9,14-15,18H,5-8,10-13H2,1-4H3. The SMILES string of the molecule is COc1cc2c(c(Br)c1OCC1COC1)CCN1CC(OC(C)(C)C)CCC21. The van der Waals surface area contributed by atoms with Gasteiger partial charge in [-0.2, -0.15) is 0 Å². The molecule has 0 spiro atoms. The van der Waals surface area contributed by atoms with E-state index in [0.717, 1.165) is 61.5 Å². The third kappa shape index (κ3) is 4.20. The molecule has 2 saturated heterocycles. The first-order valence-electron chi connectivity index (χ1n) is 10.4. The molecule has 1 aromatic rings. The van der Waals surface area contributed by atoms with Crippen LogP contribution in [-0.4, -0.2) is 56.6 Å². The molecule has 3 heterocycles. The molecule has 0 radical (unpaired) electrons. The molecule has 6 heteroatoms. The first-order chi connectivity index (χ1) is 13.4. The molecular weight excluding hydrogens is 422 g/mol. The monoisotopic (exact) mass is 453 g/mol. The molecule has 2 atom stereocenters. The van der Waals surface area contributed by atoms with Gasteiger partial charge in [-0.25, -0.2) is 0 Å². The fourth-order valence-corrected chi connectivity index (χ4v) is 5.28. The van der Waals surface area contributed by atoms with Crippen LogP contribution in [0.5, 0.6) is 11.5 Å². The Labute approximate surface area is 176 Å². The molecule has 0 N–H and O–H groups in total. The van der Waals surface area contributed by atoms with Crippen molar-refractivity contribution >= 4 is 15.9 Å². The predicted octanol–water partition coefficient (Wildman–Crippen LogP) is 4.36. The maximum Gasteiger partial charge on any atom is 0.175 e. The minimum atomic E-state index is -0.0881. The van der Waals surface area contributed by atoms with E-state index >= 15 is 0 Å². The molecule has 4 rings (SSSR count). The van der Waals surface area contributed by atoms with Gasteiger partial charge in [0.15, 0.2) is 11.5 Å². The summed E-state index contributed by atoms with van der Waals surface area (Å²) in [6.07, 6.45) is 3.54. The third-order valence-electron chi connectivity index (χ3n) is 5.88. The van der Waals surface area contributed by atoms with Gasteiger partial charge in [0.2, 0.25) is 0 Å². The maximum absolute atomic E-state index is 6.27. The molecule has 0 amide bonds. The number of benzene rings is 1. The number of hydrogen-bond acceptors (Lipinski definition) is 5. The molecule has 0 bridgehead atoms. The summed E-state index contributed by atoms with van der Waals surface area (Å²) in [7, 11) is 1.72. The van der Waals surface area contributed by atoms with E-state index in [0.29, 0.717) is 24.7 Å². The van der Waals surface area contributed by atoms with Crippen molar-refractivity contribution in [2.45, 2.75) is 57.8 Å². The zero-order valence-electron chi connectivity index (χ0n) is 17.4. The zero-order valence-corrected chi connectivity index (χ0v) is 19.0. The van der Waals surface area contributed by atoms with E-state index in [2.05, 4.69) is 47.7 Å². The molecule has 28 heavy (non-hydrogen) atoms. The Morgan fingerprint density at radius 3 is 2.68 bits per heavy atom. The van der Waals surface area contributed by atoms with Crippen molar-refractivity contribution in [2.75, 3.05) is 40.0 Å². The lowest BCUT2D eigenvalue weighted by atomic mass is 9.85. The van der Waals surface area contributed by atoms with Gasteiger partial charge in [-0.05, 0) is 73.2 Å². The van der Waals surface area contributed by atoms with Gasteiger partial charge in [-0.3, -0.25) is 4.90 Å². The Balaban J connectivity index is 1.54. The molecule has 3 aliphatic rings. The molecule has 5 nitrogen and oxygen atoms in total. The van der Waals surface area contributed by atoms with Crippen LogP contribution >= 0.6 is 15.9 Å². The first-order valence-corrected chi connectivity index (χ1v) is 11.2. The fourth-order valence-electron chi connectivity index (χ4n) is 4.54. The first kappa shape index (κ1) is 20.5. The average molecular weight is 454 g/mol. The average Bonchev–Trinajstić information content (AvgIpc) is 2.60. The highest BCUT2D eigenvalue weighted by Crippen LogP contribution is 2.47. The van der Waals surface area contributed by atoms with Crippen LogP contribution in [0.25, 0.3) is 0 Å². The maximum atomic E-state index is 6.27. The molecule has 1 aromatic carbocycles. The van der Waals surface area contributed by atoms with E-state index < -0.39 is 0 Å². The van der Waals surface area contributed by atoms with E-state index in [4.69, 9.17) is 18.9 Å². The van der Waals surface area contributed by atoms with Crippen LogP contribution in [0.15, 0.2) is 10.5 Å². The zero-order chi connectivity index (χ0) is 19.9. The summed E-state index contributed by atoms with van der Waals surface area (Å²) in [4.78, 5) is 2.58. The second-order valence-electron chi connectivity index (χ2n) is 9.19. The summed E-state index contributed by atoms with van der Waals surface area (Å²) in [5, 5.41) is 0. The summed E-state index contributed by atoms with van der Waals surface area (Å²) >= 11 is 3.84. The van der Waals surface area contributed by atoms with Crippen LogP contribution in [-0.2, 0) is 15.9 Å². The van der Waals surface area contributed by atoms with Gasteiger partial charge in [-0.1, -0.05) is 0 Å². The number of ether oxygens (including phenoxy) is 4. The van der Waals surface area contributed by atoms with Gasteiger partial charge in [0, 0.05) is 25.0 Å². The highest BCUT2D eigenvalue weighted by Gasteiger charge is 2.37. The summed E-state index contributed by atoms with van der Waals surface area (Å²) in [6, 6.07) is 2.64. The molecule has 2 unspecified atom stereocenters. The normalized spacial score (nSPS) is 25.6. The predicted molar refractivity (Wildman–Crippen MR) is 112 cm³/mol. The molecule has 0 aliphatic carbocycles. The van der Waals surface area contributed by atoms with Gasteiger partial charge in [0.1, 0.15) is 0 Å². The van der Waals surface area contributed by atoms with Gasteiger partial charge >= 0.3 is 0 Å². The highest BCUT2D eigenvalue weighted by atomic mass is 79.9. The van der Waals surface area contributed by atoms with Gasteiger partial charge in [0.25, 0.3) is 0 Å². The third-order valence-corrected chi connectivity index (χ3v) is 6.72. The van der Waals surface area contributed by atoms with Crippen molar-refractivity contribution in [2.24, 2.45) is 5.92 Å². The minimum absolute atomic E-state index is 0.0881. The van der Waals surface area contributed by atoms with Crippen LogP contribution in [0.3, 0.4) is 0 Å². The fraction of sp³-hybridized carbons (Fsp3) is 0.727. The number of hydrogen-bond donors (Lipinski definition) is 0. The van der Waals surface area contributed by atoms with Crippen molar-refractivity contribution in [3.8, 4) is 11.5 Å². The summed E-state index contributed by atoms with van der Waals surface area (Å²) in [5.41, 5.74) is 2.66. The number of nitrogens with zero attached hydrogens (tertiary/aromatic N) is 1. The molecule has 3 aliphatic heterocycles. The number of rotatable bonds is 5. The number of fused-ring (bicyclic) bond motifs is 3. The van der Waals surface area contributed by atoms with Gasteiger partial charge in [0.05, 0.1) is 43.1 Å². The second-order valence-corrected chi connectivity index (χ2v) is 9.99. The Bertz CT molecular complexity index is 713. The number of piperidine rings is 1. The largest absolute Gasteiger partial charge is 0.493 e. The molecule has 0 saturated carbocycles. The Morgan fingerprint density at radius 1 is 1.25 bits per heavy atom. The Kier molecular flexibility index (Phi) is 5.94. The summed E-state index contributed by atoms with van der Waals surface area (Å²) in [6.45, 7) is 10.7. The van der Waals surface area contributed by atoms with E-state index in [1.807, 2.05) is 0 Å². The molecule has 0 aromatic heterocycles. The number of methoxy groups -OCH3 is 1. The Morgan fingerprint density at radius 2 is 2.04 bits per heavy atom. The quantitative estimate of drug-likeness (QED) is 0.662. The van der Waals surface area contributed by atoms with Gasteiger partial charge < -0.3 is 18.9 Å². The van der Waals surface area contributed by atoms with Gasteiger partial charge in [-0.15, -0.1) is 0 Å². The lowest BCUT2D eigenvalue weighted by Gasteiger charge is -2.45. The Hall–Kier alpha value is -0.820. The smallest absolute Gasteiger partial charge is 0.175 e. The second kappa shape index (κ2) is 8.13. The van der Waals surface area contributed by atoms with Crippen molar-refractivity contribution < 1.29 is 18.9 Å². The van der Waals surface area contributed by atoms with Crippen LogP contribution in [0.1, 0.15) is 50.8 Å². The van der Waals surface area contributed by atoms with E-state index in [9.17, 15) is 0 Å². The van der Waals surface area contributed by atoms with Crippen LogP contribution < -0.4 is 9.47 Å². The van der Waals surface area contributed by atoms with E-state index in [1.165, 1.54) is 11.1 Å². The van der Waals surface area contributed by atoms with Crippen molar-refractivity contribution in [3.63, 3.8) is 0 Å². The van der Waals surface area contributed by atoms with E-state index in [1.54, 1.807) is 7.11 Å². The summed E-state index contributed by atoms with van der Waals surface area (Å²) < 4.78 is 24.5. The molecular formula is C22H32BrNO4. The van der Waals surface area contributed by atoms with Crippen molar-refractivity contribution in [3.05, 3.63) is 21.7 Å². The lowest BCUT2D eigenvalue weighted by Crippen LogP contribution is -2.47. The van der Waals surface area contributed by atoms with Crippen LogP contribution in [0, 0.1) is 5.92 Å². The topological polar surface area (TPSA) is 40.2 Å².